The van der Waals surface area contributed by atoms with Crippen LogP contribution >= 0.6 is 15.6 Å². The summed E-state index contributed by atoms with van der Waals surface area (Å²) in [6.07, 6.45) is -4.73. The maximum atomic E-state index is 12.1. The van der Waals surface area contributed by atoms with Gasteiger partial charge in [0.15, 0.2) is 6.33 Å². The summed E-state index contributed by atoms with van der Waals surface area (Å²) in [5, 5.41) is 20.4. The van der Waals surface area contributed by atoms with Gasteiger partial charge in [0.25, 0.3) is 27.2 Å². The van der Waals surface area contributed by atoms with E-state index in [-0.39, 0.29) is 17.1 Å². The lowest BCUT2D eigenvalue weighted by molar-refractivity contribution is -0.894. The molecule has 0 saturated carbocycles. The Morgan fingerprint density at radius 2 is 1.83 bits per heavy atom. The summed E-state index contributed by atoms with van der Waals surface area (Å²) in [4.78, 5) is 50.3. The number of H-pyrrole nitrogens is 1. The van der Waals surface area contributed by atoms with E-state index in [4.69, 9.17) is 15.4 Å². The number of nitrogens with one attached hydrogen (secondary N) is 2. The van der Waals surface area contributed by atoms with Crippen LogP contribution in [0.5, 0.6) is 0 Å². The third-order valence-electron chi connectivity index (χ3n) is 5.50. The van der Waals surface area contributed by atoms with Crippen molar-refractivity contribution in [2.24, 2.45) is 7.05 Å². The van der Waals surface area contributed by atoms with Crippen LogP contribution in [0.1, 0.15) is 27.0 Å². The predicted molar refractivity (Wildman–Crippen MR) is 119 cm³/mol. The molecule has 206 valence electrons. The molecule has 0 amide bonds. The third kappa shape index (κ3) is 7.63. The Labute approximate surface area is 205 Å². The van der Waals surface area contributed by atoms with Gasteiger partial charge in [0.05, 0.1) is 33.3 Å². The molecule has 17 nitrogen and oxygen atoms in total. The topological polar surface area (TPSA) is 254 Å². The number of aliphatic hydroxyl groups excluding tert-OH is 2. The lowest BCUT2D eigenvalue weighted by Gasteiger charge is -2.28. The van der Waals surface area contributed by atoms with E-state index < -0.39 is 52.4 Å². The molecule has 7 N–H and O–H groups in total. The number of rotatable bonds is 9. The fourth-order valence-electron chi connectivity index (χ4n) is 3.62. The molecule has 3 heterocycles. The van der Waals surface area contributed by atoms with Gasteiger partial charge in [-0.15, -0.1) is 0 Å². The second-order valence-corrected chi connectivity index (χ2v) is 10.7. The number of quaternary nitrogens is 1. The lowest BCUT2D eigenvalue weighted by atomic mass is 10.1. The van der Waals surface area contributed by atoms with Crippen molar-refractivity contribution in [3.8, 4) is 0 Å². The molecule has 2 aromatic heterocycles. The fraction of sp³-hybridized carbons (Fsp3) is 0.706. The number of phosphoric ester groups is 1. The molecule has 0 radical (unpaired) electrons. The highest BCUT2D eigenvalue weighted by molar-refractivity contribution is 7.59. The summed E-state index contributed by atoms with van der Waals surface area (Å²) >= 11 is 0. The van der Waals surface area contributed by atoms with Crippen LogP contribution in [0.15, 0.2) is 11.1 Å². The van der Waals surface area contributed by atoms with Gasteiger partial charge in [-0.1, -0.05) is 4.98 Å². The summed E-state index contributed by atoms with van der Waals surface area (Å²) in [7, 11) is -9.61. The summed E-state index contributed by atoms with van der Waals surface area (Å²) < 4.78 is 37.5. The summed E-state index contributed by atoms with van der Waals surface area (Å²) in [5.74, 6) is -0.217. The number of nitrogens with two attached hydrogens (primary N) is 1. The van der Waals surface area contributed by atoms with Crippen LogP contribution in [-0.2, 0) is 29.7 Å². The van der Waals surface area contributed by atoms with Crippen LogP contribution in [0.25, 0.3) is 11.2 Å². The lowest BCUT2D eigenvalue weighted by Crippen LogP contribution is -3.11. The Hall–Kier alpha value is -1.75. The van der Waals surface area contributed by atoms with Crippen molar-refractivity contribution >= 4 is 32.8 Å². The van der Waals surface area contributed by atoms with Crippen molar-refractivity contribution in [1.29, 1.82) is 0 Å². The third-order valence-corrected chi connectivity index (χ3v) is 7.59. The van der Waals surface area contributed by atoms with Crippen molar-refractivity contribution in [1.82, 2.24) is 14.5 Å². The van der Waals surface area contributed by atoms with E-state index in [1.54, 1.807) is 4.90 Å². The van der Waals surface area contributed by atoms with Gasteiger partial charge in [0.1, 0.15) is 18.3 Å². The number of anilines is 1. The number of nitrogens with zero attached hydrogens (tertiary/aromatic N) is 3. The highest BCUT2D eigenvalue weighted by Crippen LogP contribution is 2.52. The molecule has 1 aliphatic heterocycles. The zero-order chi connectivity index (χ0) is 27.4. The van der Waals surface area contributed by atoms with Crippen molar-refractivity contribution in [3.63, 3.8) is 0 Å². The van der Waals surface area contributed by atoms with Crippen LogP contribution in [0.2, 0.25) is 0 Å². The minimum absolute atomic E-state index is 0.0111. The van der Waals surface area contributed by atoms with E-state index in [9.17, 15) is 33.9 Å². The quantitative estimate of drug-likeness (QED) is 0.126. The van der Waals surface area contributed by atoms with Crippen molar-refractivity contribution in [3.05, 3.63) is 16.7 Å². The number of aryl methyl sites for hydroxylation is 1. The van der Waals surface area contributed by atoms with Gasteiger partial charge in [-0.2, -0.15) is 0 Å². The number of hydrogen-bond donors (Lipinski definition) is 6. The van der Waals surface area contributed by atoms with Gasteiger partial charge in [0, 0.05) is 0 Å². The number of hydrogen-bond acceptors (Lipinski definition) is 12. The summed E-state index contributed by atoms with van der Waals surface area (Å²) in [6, 6.07) is 0. The number of phosphoric acid groups is 2. The smallest absolute Gasteiger partial charge is 0.313 e. The number of ether oxygens (including phenoxy) is 1. The molecule has 2 unspecified atom stereocenters. The van der Waals surface area contributed by atoms with Crippen LogP contribution in [0, 0.1) is 0 Å². The second kappa shape index (κ2) is 12.2. The Morgan fingerprint density at radius 1 is 1.25 bits per heavy atom. The molecule has 36 heavy (non-hydrogen) atoms. The molecule has 3 rings (SSSR count). The van der Waals surface area contributed by atoms with Gasteiger partial charge in [-0.3, -0.25) is 23.5 Å². The number of aromatic amines is 1. The highest BCUT2D eigenvalue weighted by Gasteiger charge is 2.47. The molecule has 0 spiro atoms. The van der Waals surface area contributed by atoms with Crippen molar-refractivity contribution < 1.29 is 57.1 Å². The second-order valence-electron chi connectivity index (χ2n) is 7.91. The van der Waals surface area contributed by atoms with Gasteiger partial charge >= 0.3 is 5.65 Å². The highest BCUT2D eigenvalue weighted by atomic mass is 31.3. The fourth-order valence-corrected chi connectivity index (χ4v) is 5.15. The summed E-state index contributed by atoms with van der Waals surface area (Å²) in [6.45, 7) is 9.54. The predicted octanol–water partition coefficient (Wildman–Crippen LogP) is -4.36. The molecule has 2 aromatic rings. The molecule has 6 atom stereocenters. The minimum atomic E-state index is -5.63. The largest absolute Gasteiger partial charge is 0.756 e. The normalized spacial score (nSPS) is 25.4. The van der Waals surface area contributed by atoms with E-state index in [0.717, 1.165) is 0 Å². The number of aliphatic hydroxyl groups is 2. The maximum absolute atomic E-state index is 12.1. The van der Waals surface area contributed by atoms with Crippen LogP contribution < -0.4 is 30.5 Å². The van der Waals surface area contributed by atoms with Crippen LogP contribution in [0.3, 0.4) is 0 Å². The zero-order valence-corrected chi connectivity index (χ0v) is 21.9. The maximum Gasteiger partial charge on any atom is 0.313 e. The average molecular weight is 558 g/mol. The SMILES string of the molecule is CC[NH+](CC)CC.Cn1c[n+]([C@@H]2O[C@H](COP(=O)([O-])OP(=O)([O-])O)[C@@H](O)[C@H]2O)c2nc(N)[nH]c(=O)c21. The monoisotopic (exact) mass is 558 g/mol. The Morgan fingerprint density at radius 3 is 2.33 bits per heavy atom. The first-order valence-electron chi connectivity index (χ1n) is 11.0. The number of imidazole rings is 1. The Balaban J connectivity index is 0.000000572. The Bertz CT molecular complexity index is 1170. The molecule has 0 aromatic carbocycles. The number of nitrogen functional groups attached to an aromatic ring is 1. The first kappa shape index (κ1) is 30.5. The van der Waals surface area contributed by atoms with Gasteiger partial charge < -0.3 is 44.8 Å². The van der Waals surface area contributed by atoms with E-state index in [2.05, 4.69) is 39.6 Å². The first-order valence-corrected chi connectivity index (χ1v) is 13.9. The van der Waals surface area contributed by atoms with E-state index in [1.165, 1.54) is 42.1 Å². The minimum Gasteiger partial charge on any atom is -0.756 e. The van der Waals surface area contributed by atoms with Gasteiger partial charge in [-0.05, 0) is 20.8 Å². The van der Waals surface area contributed by atoms with Crippen molar-refractivity contribution in [2.75, 3.05) is 32.0 Å². The molecule has 1 aliphatic rings. The molecular formula is C17H32N6O11P2. The Kier molecular flexibility index (Phi) is 10.3. The molecule has 1 saturated heterocycles. The molecule has 0 bridgehead atoms. The molecular weight excluding hydrogens is 526 g/mol. The molecule has 19 heteroatoms. The zero-order valence-electron chi connectivity index (χ0n) is 20.1. The van der Waals surface area contributed by atoms with Crippen molar-refractivity contribution in [2.45, 2.75) is 45.3 Å². The number of fused-ring (bicyclic) bond motifs is 1. The first-order chi connectivity index (χ1) is 16.6. The molecule has 0 aliphatic carbocycles. The van der Waals surface area contributed by atoms with Crippen LogP contribution in [0.4, 0.5) is 5.95 Å². The summed E-state index contributed by atoms with van der Waals surface area (Å²) in [5.41, 5.74) is 5.04. The van der Waals surface area contributed by atoms with Gasteiger partial charge in [0.2, 0.25) is 11.7 Å². The number of aromatic nitrogens is 4. The standard InChI is InChI=1S/C11H17N5O11P2.C6H15N/c1-15-3-16(8-5(15)9(19)14-11(12)13-8)10-7(18)6(17)4(26-10)2-25-29(23,24)27-28(20,21)22;1-4-7(5-2)6-3/h3-4,6-7,10,17-18H,2H2,1H3,(H5-,12,13,14,19,20,21,22,23,24);4-6H2,1-3H3/t4-,6-,7-,10-;/m1./s1. The van der Waals surface area contributed by atoms with E-state index >= 15 is 0 Å². The average Bonchev–Trinajstić information content (AvgIpc) is 3.23. The van der Waals surface area contributed by atoms with Gasteiger partial charge in [-0.25, -0.2) is 8.88 Å². The van der Waals surface area contributed by atoms with Crippen LogP contribution in [-0.4, -0.2) is 74.2 Å². The van der Waals surface area contributed by atoms with E-state index in [1.807, 2.05) is 0 Å². The molecule has 1 fully saturated rings. The van der Waals surface area contributed by atoms with E-state index in [0.29, 0.717) is 0 Å².